The molecule has 2 aromatic rings. The van der Waals surface area contributed by atoms with Gasteiger partial charge in [-0.15, -0.1) is 0 Å². The summed E-state index contributed by atoms with van der Waals surface area (Å²) in [5.41, 5.74) is 0.209. The number of benzene rings is 1. The number of aromatic hydroxyl groups is 2. The molecule has 1 aromatic carbocycles. The number of carbonyl (C=O) groups is 1. The smallest absolute Gasteiger partial charge is 0.277 e. The van der Waals surface area contributed by atoms with Crippen molar-refractivity contribution in [2.24, 2.45) is 0 Å². The molecule has 0 fully saturated rings. The molecule has 17 heavy (non-hydrogen) atoms. The number of aromatic nitrogens is 1. The lowest BCUT2D eigenvalue weighted by atomic mass is 10.2. The molecule has 0 bridgehead atoms. The van der Waals surface area contributed by atoms with Crippen LogP contribution < -0.4 is 5.32 Å². The first-order chi connectivity index (χ1) is 8.06. The molecule has 6 nitrogen and oxygen atoms in total. The van der Waals surface area contributed by atoms with E-state index < -0.39 is 5.91 Å². The Morgan fingerprint density at radius 2 is 2.12 bits per heavy atom. The summed E-state index contributed by atoms with van der Waals surface area (Å²) in [7, 11) is 0. The standard InChI is InChI=1S/C11H10N2O4/c1-6-4-9(13-17-6)11(16)12-8-5-7(14)2-3-10(8)15/h2-5,14-15H,1H3,(H,12,16). The molecule has 2 rings (SSSR count). The Hall–Kier alpha value is -2.50. The molecule has 0 saturated carbocycles. The summed E-state index contributed by atoms with van der Waals surface area (Å²) in [6.45, 7) is 1.66. The van der Waals surface area contributed by atoms with Crippen molar-refractivity contribution in [3.63, 3.8) is 0 Å². The van der Waals surface area contributed by atoms with Gasteiger partial charge < -0.3 is 20.1 Å². The Morgan fingerprint density at radius 3 is 2.76 bits per heavy atom. The number of rotatable bonds is 2. The summed E-state index contributed by atoms with van der Waals surface area (Å²) in [4.78, 5) is 11.7. The normalized spacial score (nSPS) is 10.2. The van der Waals surface area contributed by atoms with Crippen molar-refractivity contribution >= 4 is 11.6 Å². The Morgan fingerprint density at radius 1 is 1.35 bits per heavy atom. The van der Waals surface area contributed by atoms with Gasteiger partial charge >= 0.3 is 0 Å². The van der Waals surface area contributed by atoms with Crippen LogP contribution in [0.2, 0.25) is 0 Å². The molecular weight excluding hydrogens is 224 g/mol. The lowest BCUT2D eigenvalue weighted by Gasteiger charge is -2.05. The van der Waals surface area contributed by atoms with E-state index >= 15 is 0 Å². The average molecular weight is 234 g/mol. The second-order valence-corrected chi connectivity index (χ2v) is 3.48. The Balaban J connectivity index is 2.21. The van der Waals surface area contributed by atoms with E-state index in [0.29, 0.717) is 5.76 Å². The van der Waals surface area contributed by atoms with Crippen LogP contribution in [0.1, 0.15) is 16.2 Å². The number of hydrogen-bond acceptors (Lipinski definition) is 5. The first kappa shape index (κ1) is 11.0. The molecule has 3 N–H and O–H groups in total. The van der Waals surface area contributed by atoms with Crippen molar-refractivity contribution in [3.8, 4) is 11.5 Å². The SMILES string of the molecule is Cc1cc(C(=O)Nc2cc(O)ccc2O)no1. The lowest BCUT2D eigenvalue weighted by molar-refractivity contribution is 0.101. The van der Waals surface area contributed by atoms with Crippen LogP contribution in [0.3, 0.4) is 0 Å². The molecule has 0 aliphatic carbocycles. The number of phenolic OH excluding ortho intramolecular Hbond substituents is 2. The van der Waals surface area contributed by atoms with Gasteiger partial charge in [-0.3, -0.25) is 4.79 Å². The zero-order valence-corrected chi connectivity index (χ0v) is 8.97. The number of aryl methyl sites for hydroxylation is 1. The summed E-state index contributed by atoms with van der Waals surface area (Å²) in [6.07, 6.45) is 0. The fraction of sp³-hybridized carbons (Fsp3) is 0.0909. The van der Waals surface area contributed by atoms with E-state index in [1.165, 1.54) is 24.3 Å². The van der Waals surface area contributed by atoms with Crippen LogP contribution in [0.25, 0.3) is 0 Å². The molecule has 0 atom stereocenters. The minimum absolute atomic E-state index is 0.0607. The zero-order chi connectivity index (χ0) is 12.4. The van der Waals surface area contributed by atoms with Crippen molar-refractivity contribution in [2.45, 2.75) is 6.92 Å². The van der Waals surface area contributed by atoms with Crippen LogP contribution in [0, 0.1) is 6.92 Å². The van der Waals surface area contributed by atoms with Crippen molar-refractivity contribution < 1.29 is 19.5 Å². The monoisotopic (exact) mass is 234 g/mol. The first-order valence-corrected chi connectivity index (χ1v) is 4.83. The minimum Gasteiger partial charge on any atom is -0.508 e. The number of nitrogens with zero attached hydrogens (tertiary/aromatic N) is 1. The van der Waals surface area contributed by atoms with Crippen molar-refractivity contribution in [1.82, 2.24) is 5.16 Å². The molecule has 0 aliphatic rings. The van der Waals surface area contributed by atoms with E-state index in [2.05, 4.69) is 10.5 Å². The molecular formula is C11H10N2O4. The number of hydrogen-bond donors (Lipinski definition) is 3. The third kappa shape index (κ3) is 2.36. The summed E-state index contributed by atoms with van der Waals surface area (Å²) in [6, 6.07) is 5.29. The second kappa shape index (κ2) is 4.17. The van der Waals surface area contributed by atoms with Crippen molar-refractivity contribution in [3.05, 3.63) is 35.7 Å². The molecule has 0 aliphatic heterocycles. The summed E-state index contributed by atoms with van der Waals surface area (Å²) >= 11 is 0. The number of amides is 1. The van der Waals surface area contributed by atoms with Crippen LogP contribution >= 0.6 is 0 Å². The van der Waals surface area contributed by atoms with E-state index in [9.17, 15) is 15.0 Å². The predicted octanol–water partition coefficient (Wildman–Crippen LogP) is 1.65. The third-order valence-corrected chi connectivity index (χ3v) is 2.09. The van der Waals surface area contributed by atoms with E-state index in [1.54, 1.807) is 6.92 Å². The van der Waals surface area contributed by atoms with Gasteiger partial charge in [0, 0.05) is 12.1 Å². The Bertz CT molecular complexity index is 562. The van der Waals surface area contributed by atoms with E-state index in [1.807, 2.05) is 0 Å². The Labute approximate surface area is 96.5 Å². The number of nitrogens with one attached hydrogen (secondary N) is 1. The van der Waals surface area contributed by atoms with Gasteiger partial charge in [0.05, 0.1) is 5.69 Å². The summed E-state index contributed by atoms with van der Waals surface area (Å²) < 4.78 is 4.75. The molecule has 1 aromatic heterocycles. The van der Waals surface area contributed by atoms with Gasteiger partial charge in [-0.1, -0.05) is 5.16 Å². The van der Waals surface area contributed by atoms with E-state index in [0.717, 1.165) is 0 Å². The molecule has 88 valence electrons. The molecule has 1 heterocycles. The highest BCUT2D eigenvalue weighted by Crippen LogP contribution is 2.27. The number of carbonyl (C=O) groups excluding carboxylic acids is 1. The molecule has 0 radical (unpaired) electrons. The lowest BCUT2D eigenvalue weighted by Crippen LogP contribution is -2.12. The highest BCUT2D eigenvalue weighted by atomic mass is 16.5. The van der Waals surface area contributed by atoms with E-state index in [4.69, 9.17) is 4.52 Å². The third-order valence-electron chi connectivity index (χ3n) is 2.09. The summed E-state index contributed by atoms with van der Waals surface area (Å²) in [5.74, 6) is -0.219. The van der Waals surface area contributed by atoms with Crippen LogP contribution in [0.5, 0.6) is 11.5 Å². The molecule has 6 heteroatoms. The average Bonchev–Trinajstić information content (AvgIpc) is 2.70. The fourth-order valence-corrected chi connectivity index (χ4v) is 1.28. The van der Waals surface area contributed by atoms with Crippen molar-refractivity contribution in [2.75, 3.05) is 5.32 Å². The van der Waals surface area contributed by atoms with Gasteiger partial charge in [-0.05, 0) is 19.1 Å². The number of phenols is 2. The minimum atomic E-state index is -0.525. The highest BCUT2D eigenvalue weighted by molar-refractivity contribution is 6.03. The highest BCUT2D eigenvalue weighted by Gasteiger charge is 2.13. The maximum atomic E-state index is 11.7. The maximum Gasteiger partial charge on any atom is 0.277 e. The topological polar surface area (TPSA) is 95.6 Å². The molecule has 0 unspecified atom stereocenters. The van der Waals surface area contributed by atoms with Gasteiger partial charge in [0.15, 0.2) is 5.69 Å². The Kier molecular flexibility index (Phi) is 2.70. The van der Waals surface area contributed by atoms with Crippen molar-refractivity contribution in [1.29, 1.82) is 0 Å². The molecule has 0 spiro atoms. The predicted molar refractivity (Wildman–Crippen MR) is 59.0 cm³/mol. The largest absolute Gasteiger partial charge is 0.508 e. The van der Waals surface area contributed by atoms with Crippen LogP contribution in [0.4, 0.5) is 5.69 Å². The first-order valence-electron chi connectivity index (χ1n) is 4.83. The van der Waals surface area contributed by atoms with Crippen LogP contribution in [0.15, 0.2) is 28.8 Å². The molecule has 1 amide bonds. The fourth-order valence-electron chi connectivity index (χ4n) is 1.28. The molecule has 0 saturated heterocycles. The zero-order valence-electron chi connectivity index (χ0n) is 8.97. The maximum absolute atomic E-state index is 11.7. The van der Waals surface area contributed by atoms with Gasteiger partial charge in [-0.25, -0.2) is 0 Å². The summed E-state index contributed by atoms with van der Waals surface area (Å²) in [5, 5.41) is 24.6. The van der Waals surface area contributed by atoms with E-state index in [-0.39, 0.29) is 22.9 Å². The van der Waals surface area contributed by atoms with Gasteiger partial charge in [-0.2, -0.15) is 0 Å². The van der Waals surface area contributed by atoms with Crippen LogP contribution in [-0.2, 0) is 0 Å². The van der Waals surface area contributed by atoms with Crippen LogP contribution in [-0.4, -0.2) is 21.3 Å². The van der Waals surface area contributed by atoms with Gasteiger partial charge in [0.2, 0.25) is 0 Å². The van der Waals surface area contributed by atoms with Gasteiger partial charge in [0.25, 0.3) is 5.91 Å². The number of anilines is 1. The quantitative estimate of drug-likeness (QED) is 0.542. The van der Waals surface area contributed by atoms with Gasteiger partial charge in [0.1, 0.15) is 17.3 Å². The second-order valence-electron chi connectivity index (χ2n) is 3.48.